The Morgan fingerprint density at radius 1 is 1.23 bits per heavy atom. The Morgan fingerprint density at radius 2 is 2.05 bits per heavy atom. The molecule has 0 saturated carbocycles. The van der Waals surface area contributed by atoms with Crippen molar-refractivity contribution in [1.82, 2.24) is 4.90 Å². The van der Waals surface area contributed by atoms with E-state index < -0.39 is 0 Å². The van der Waals surface area contributed by atoms with Crippen molar-refractivity contribution in [3.63, 3.8) is 0 Å². The topological polar surface area (TPSA) is 42.7 Å². The number of piperidine rings is 1. The maximum Gasteiger partial charge on any atom is 0.339 e. The molecule has 0 amide bonds. The zero-order valence-corrected chi connectivity index (χ0v) is 14.0. The van der Waals surface area contributed by atoms with Gasteiger partial charge in [0.25, 0.3) is 0 Å². The van der Waals surface area contributed by atoms with E-state index >= 15 is 0 Å². The summed E-state index contributed by atoms with van der Waals surface area (Å²) >= 11 is 3.38. The van der Waals surface area contributed by atoms with E-state index in [1.807, 2.05) is 12.1 Å². The summed E-state index contributed by atoms with van der Waals surface area (Å²) in [5, 5.41) is 0.829. The van der Waals surface area contributed by atoms with Gasteiger partial charge in [-0.1, -0.05) is 15.9 Å². The summed E-state index contributed by atoms with van der Waals surface area (Å²) in [4.78, 5) is 14.1. The standard InChI is InChI=1S/C17H19BrNO3/c18-13-5-6-14-15(12-17(20)22-16(14)11-13)21-10-4-9-19-7-2-1-3-8-19/h1,5-6,11-12H,2-4,7-10H2. The molecule has 0 spiro atoms. The van der Waals surface area contributed by atoms with Crippen LogP contribution in [-0.2, 0) is 0 Å². The van der Waals surface area contributed by atoms with Crippen LogP contribution < -0.4 is 10.4 Å². The minimum Gasteiger partial charge on any atom is -0.492 e. The van der Waals surface area contributed by atoms with Crippen molar-refractivity contribution in [2.24, 2.45) is 0 Å². The van der Waals surface area contributed by atoms with Gasteiger partial charge >= 0.3 is 5.63 Å². The van der Waals surface area contributed by atoms with Gasteiger partial charge in [0.05, 0.1) is 18.1 Å². The van der Waals surface area contributed by atoms with Gasteiger partial charge in [0, 0.05) is 11.0 Å². The van der Waals surface area contributed by atoms with Gasteiger partial charge < -0.3 is 14.1 Å². The first-order valence-electron chi connectivity index (χ1n) is 7.62. The van der Waals surface area contributed by atoms with Crippen LogP contribution in [0.1, 0.15) is 19.3 Å². The number of ether oxygens (including phenoxy) is 1. The van der Waals surface area contributed by atoms with Gasteiger partial charge in [-0.2, -0.15) is 0 Å². The van der Waals surface area contributed by atoms with Gasteiger partial charge in [-0.3, -0.25) is 0 Å². The number of hydrogen-bond donors (Lipinski definition) is 0. The molecule has 1 aromatic carbocycles. The van der Waals surface area contributed by atoms with Crippen LogP contribution in [-0.4, -0.2) is 31.1 Å². The molecule has 1 saturated heterocycles. The Labute approximate surface area is 138 Å². The van der Waals surface area contributed by atoms with E-state index in [0.29, 0.717) is 17.9 Å². The number of hydrogen-bond acceptors (Lipinski definition) is 4. The lowest BCUT2D eigenvalue weighted by molar-refractivity contribution is 0.222. The molecule has 1 radical (unpaired) electrons. The van der Waals surface area contributed by atoms with Crippen LogP contribution in [0.15, 0.2) is 37.9 Å². The summed E-state index contributed by atoms with van der Waals surface area (Å²) in [6.07, 6.45) is 5.67. The van der Waals surface area contributed by atoms with E-state index in [4.69, 9.17) is 9.15 Å². The van der Waals surface area contributed by atoms with Crippen molar-refractivity contribution in [1.29, 1.82) is 0 Å². The third-order valence-corrected chi connectivity index (χ3v) is 4.34. The molecule has 5 heteroatoms. The molecule has 1 aromatic heterocycles. The van der Waals surface area contributed by atoms with E-state index in [9.17, 15) is 4.79 Å². The highest BCUT2D eigenvalue weighted by atomic mass is 79.9. The number of benzene rings is 1. The van der Waals surface area contributed by atoms with E-state index in [1.165, 1.54) is 18.9 Å². The summed E-state index contributed by atoms with van der Waals surface area (Å²) in [5.41, 5.74) is 0.163. The first-order chi connectivity index (χ1) is 10.7. The van der Waals surface area contributed by atoms with Crippen LogP contribution in [0.5, 0.6) is 5.75 Å². The number of fused-ring (bicyclic) bond motifs is 1. The fraction of sp³-hybridized carbons (Fsp3) is 0.412. The molecule has 2 heterocycles. The highest BCUT2D eigenvalue weighted by Gasteiger charge is 2.10. The molecule has 0 atom stereocenters. The van der Waals surface area contributed by atoms with E-state index in [-0.39, 0.29) is 5.63 Å². The van der Waals surface area contributed by atoms with Gasteiger partial charge in [-0.05, 0) is 57.0 Å². The predicted molar refractivity (Wildman–Crippen MR) is 90.3 cm³/mol. The van der Waals surface area contributed by atoms with Crippen LogP contribution in [0, 0.1) is 6.42 Å². The minimum atomic E-state index is -0.382. The van der Waals surface area contributed by atoms with Crippen molar-refractivity contribution >= 4 is 26.9 Å². The first-order valence-corrected chi connectivity index (χ1v) is 8.42. The fourth-order valence-electron chi connectivity index (χ4n) is 2.72. The van der Waals surface area contributed by atoms with Crippen LogP contribution in [0.3, 0.4) is 0 Å². The van der Waals surface area contributed by atoms with Crippen molar-refractivity contribution in [3.05, 3.63) is 45.6 Å². The molecule has 4 nitrogen and oxygen atoms in total. The maximum absolute atomic E-state index is 11.6. The van der Waals surface area contributed by atoms with Crippen molar-refractivity contribution in [3.8, 4) is 5.75 Å². The van der Waals surface area contributed by atoms with Crippen LogP contribution >= 0.6 is 15.9 Å². The lowest BCUT2D eigenvalue weighted by atomic mass is 10.1. The van der Waals surface area contributed by atoms with Crippen molar-refractivity contribution < 1.29 is 9.15 Å². The normalized spacial score (nSPS) is 16.0. The average Bonchev–Trinajstić information content (AvgIpc) is 2.52. The largest absolute Gasteiger partial charge is 0.492 e. The molecule has 1 aliphatic heterocycles. The average molecular weight is 365 g/mol. The summed E-state index contributed by atoms with van der Waals surface area (Å²) in [5.74, 6) is 0.603. The number of halogens is 1. The number of likely N-dealkylation sites (tertiary alicyclic amines) is 1. The fourth-order valence-corrected chi connectivity index (χ4v) is 3.06. The molecular weight excluding hydrogens is 346 g/mol. The third-order valence-electron chi connectivity index (χ3n) is 3.84. The Hall–Kier alpha value is -1.33. The third kappa shape index (κ3) is 3.90. The molecule has 1 fully saturated rings. The highest BCUT2D eigenvalue weighted by Crippen LogP contribution is 2.26. The number of nitrogens with zero attached hydrogens (tertiary/aromatic N) is 1. The molecule has 0 aliphatic carbocycles. The zero-order valence-electron chi connectivity index (χ0n) is 12.4. The molecule has 0 unspecified atom stereocenters. The summed E-state index contributed by atoms with van der Waals surface area (Å²) in [7, 11) is 0. The van der Waals surface area contributed by atoms with Crippen molar-refractivity contribution in [2.75, 3.05) is 26.2 Å². The second-order valence-electron chi connectivity index (χ2n) is 5.48. The quantitative estimate of drug-likeness (QED) is 0.600. The molecule has 0 N–H and O–H groups in total. The first kappa shape index (κ1) is 15.6. The molecule has 3 rings (SSSR count). The molecular formula is C17H19BrNO3. The monoisotopic (exact) mass is 364 g/mol. The second-order valence-corrected chi connectivity index (χ2v) is 6.40. The maximum atomic E-state index is 11.6. The highest BCUT2D eigenvalue weighted by molar-refractivity contribution is 9.10. The zero-order chi connectivity index (χ0) is 15.4. The summed E-state index contributed by atoms with van der Waals surface area (Å²) in [6, 6.07) is 7.03. The minimum absolute atomic E-state index is 0.382. The molecule has 0 bridgehead atoms. The van der Waals surface area contributed by atoms with E-state index in [2.05, 4.69) is 27.3 Å². The molecule has 22 heavy (non-hydrogen) atoms. The summed E-state index contributed by atoms with van der Waals surface area (Å²) < 4.78 is 11.9. The Morgan fingerprint density at radius 3 is 2.86 bits per heavy atom. The Kier molecular flexibility index (Phi) is 5.16. The number of rotatable bonds is 5. The Bertz CT molecular complexity index is 692. The van der Waals surface area contributed by atoms with Gasteiger partial charge in [-0.25, -0.2) is 4.79 Å². The molecule has 1 aliphatic rings. The Balaban J connectivity index is 1.62. The van der Waals surface area contributed by atoms with E-state index in [1.54, 1.807) is 6.07 Å². The van der Waals surface area contributed by atoms with E-state index in [0.717, 1.165) is 35.9 Å². The SMILES string of the molecule is O=c1cc(OCCCN2CC[CH]CC2)c2ccc(Br)cc2o1. The molecule has 2 aromatic rings. The van der Waals surface area contributed by atoms with Gasteiger partial charge in [0.15, 0.2) is 0 Å². The molecule has 117 valence electrons. The smallest absolute Gasteiger partial charge is 0.339 e. The lowest BCUT2D eigenvalue weighted by Crippen LogP contribution is -2.31. The van der Waals surface area contributed by atoms with Crippen LogP contribution in [0.25, 0.3) is 11.0 Å². The van der Waals surface area contributed by atoms with Crippen LogP contribution in [0.4, 0.5) is 0 Å². The predicted octanol–water partition coefficient (Wildman–Crippen LogP) is 3.62. The van der Waals surface area contributed by atoms with Gasteiger partial charge in [-0.15, -0.1) is 0 Å². The lowest BCUT2D eigenvalue weighted by Gasteiger charge is -2.26. The van der Waals surface area contributed by atoms with Crippen LogP contribution in [0.2, 0.25) is 0 Å². The van der Waals surface area contributed by atoms with Crippen molar-refractivity contribution in [2.45, 2.75) is 19.3 Å². The second kappa shape index (κ2) is 7.29. The van der Waals surface area contributed by atoms with Gasteiger partial charge in [0.2, 0.25) is 0 Å². The summed E-state index contributed by atoms with van der Waals surface area (Å²) in [6.45, 7) is 3.94. The van der Waals surface area contributed by atoms with Gasteiger partial charge in [0.1, 0.15) is 11.3 Å².